The summed E-state index contributed by atoms with van der Waals surface area (Å²) in [6.45, 7) is 0.454. The van der Waals surface area contributed by atoms with E-state index in [0.717, 1.165) is 11.1 Å². The van der Waals surface area contributed by atoms with Crippen molar-refractivity contribution in [3.05, 3.63) is 29.1 Å². The van der Waals surface area contributed by atoms with Gasteiger partial charge in [-0.05, 0) is 29.7 Å². The Hall–Kier alpha value is -1.62. The van der Waals surface area contributed by atoms with Crippen molar-refractivity contribution in [1.29, 1.82) is 0 Å². The number of carbonyl (C=O) groups is 1. The third-order valence-electron chi connectivity index (χ3n) is 2.92. The fraction of sp³-hybridized carbons (Fsp3) is 0.417. The lowest BCUT2D eigenvalue weighted by Gasteiger charge is -2.24. The molecule has 1 aliphatic rings. The summed E-state index contributed by atoms with van der Waals surface area (Å²) >= 11 is 0. The molecule has 92 valence electrons. The topological polar surface area (TPSA) is 47.6 Å². The van der Waals surface area contributed by atoms with Gasteiger partial charge in [-0.25, -0.2) is 4.39 Å². The van der Waals surface area contributed by atoms with Gasteiger partial charge in [-0.3, -0.25) is 4.79 Å². The van der Waals surface area contributed by atoms with Crippen molar-refractivity contribution in [2.24, 2.45) is 0 Å². The number of nitrogens with one attached hydrogen (secondary N) is 1. The molecule has 2 rings (SSSR count). The lowest BCUT2D eigenvalue weighted by Crippen LogP contribution is -2.42. The number of fused-ring (bicyclic) bond motifs is 1. The second-order valence-electron chi connectivity index (χ2n) is 3.92. The Labute approximate surface area is 98.7 Å². The number of esters is 1. The maximum atomic E-state index is 13.5. The number of halogens is 1. The Morgan fingerprint density at radius 1 is 1.41 bits per heavy atom. The van der Waals surface area contributed by atoms with Gasteiger partial charge in [-0.1, -0.05) is 0 Å². The molecule has 1 aromatic rings. The summed E-state index contributed by atoms with van der Waals surface area (Å²) in [6.07, 6.45) is 0.485. The highest BCUT2D eigenvalue weighted by atomic mass is 19.1. The molecule has 0 aliphatic carbocycles. The van der Waals surface area contributed by atoms with Gasteiger partial charge in [0.2, 0.25) is 0 Å². The van der Waals surface area contributed by atoms with Crippen molar-refractivity contribution in [3.8, 4) is 5.75 Å². The second-order valence-corrected chi connectivity index (χ2v) is 3.92. The molecule has 17 heavy (non-hydrogen) atoms. The van der Waals surface area contributed by atoms with Crippen LogP contribution in [-0.2, 0) is 22.5 Å². The highest BCUT2D eigenvalue weighted by Gasteiger charge is 2.25. The van der Waals surface area contributed by atoms with Gasteiger partial charge < -0.3 is 14.8 Å². The van der Waals surface area contributed by atoms with Gasteiger partial charge in [0.05, 0.1) is 14.2 Å². The van der Waals surface area contributed by atoms with Gasteiger partial charge in [-0.15, -0.1) is 0 Å². The Bertz CT molecular complexity index is 448. The number of methoxy groups -OCH3 is 2. The summed E-state index contributed by atoms with van der Waals surface area (Å²) in [4.78, 5) is 11.4. The lowest BCUT2D eigenvalue weighted by molar-refractivity contribution is -0.143. The number of hydrogen-bond acceptors (Lipinski definition) is 4. The van der Waals surface area contributed by atoms with Crippen LogP contribution >= 0.6 is 0 Å². The Balaban J connectivity index is 2.28. The molecule has 0 aromatic heterocycles. The van der Waals surface area contributed by atoms with Crippen LogP contribution in [0.15, 0.2) is 12.1 Å². The minimum Gasteiger partial charge on any atom is -0.494 e. The standard InChI is InChI=1S/C12H14FNO3/c1-16-11-5-7-4-10(12(15)17-2)14-6-8(7)3-9(11)13/h3,5,10,14H,4,6H2,1-2H3. The first kappa shape index (κ1) is 11.9. The van der Waals surface area contributed by atoms with E-state index in [1.165, 1.54) is 20.3 Å². The van der Waals surface area contributed by atoms with Crippen LogP contribution in [-0.4, -0.2) is 26.2 Å². The number of benzene rings is 1. The quantitative estimate of drug-likeness (QED) is 0.783. The Morgan fingerprint density at radius 3 is 2.82 bits per heavy atom. The van der Waals surface area contributed by atoms with Crippen molar-refractivity contribution in [3.63, 3.8) is 0 Å². The van der Waals surface area contributed by atoms with Crippen molar-refractivity contribution in [1.82, 2.24) is 5.32 Å². The second kappa shape index (κ2) is 4.71. The third-order valence-corrected chi connectivity index (χ3v) is 2.92. The Morgan fingerprint density at radius 2 is 2.18 bits per heavy atom. The molecule has 0 saturated carbocycles. The number of hydrogen-bond donors (Lipinski definition) is 1. The number of carbonyl (C=O) groups excluding carboxylic acids is 1. The molecule has 1 N–H and O–H groups in total. The fourth-order valence-electron chi connectivity index (χ4n) is 1.98. The van der Waals surface area contributed by atoms with E-state index in [4.69, 9.17) is 4.74 Å². The average Bonchev–Trinajstić information content (AvgIpc) is 2.36. The molecule has 1 aliphatic heterocycles. The monoisotopic (exact) mass is 239 g/mol. The van der Waals surface area contributed by atoms with Crippen LogP contribution in [0.4, 0.5) is 4.39 Å². The zero-order valence-electron chi connectivity index (χ0n) is 9.75. The predicted octanol–water partition coefficient (Wildman–Crippen LogP) is 1.02. The summed E-state index contributed by atoms with van der Waals surface area (Å²) in [5.74, 6) is -0.488. The normalized spacial score (nSPS) is 18.4. The summed E-state index contributed by atoms with van der Waals surface area (Å²) < 4.78 is 23.1. The van der Waals surface area contributed by atoms with Crippen molar-refractivity contribution < 1.29 is 18.7 Å². The molecule has 5 heteroatoms. The third kappa shape index (κ3) is 2.24. The van der Waals surface area contributed by atoms with Crippen molar-refractivity contribution >= 4 is 5.97 Å². The number of ether oxygens (including phenoxy) is 2. The molecule has 0 bridgehead atoms. The van der Waals surface area contributed by atoms with E-state index in [-0.39, 0.29) is 23.6 Å². The van der Waals surface area contributed by atoms with E-state index in [0.29, 0.717) is 13.0 Å². The van der Waals surface area contributed by atoms with Gasteiger partial charge in [0.25, 0.3) is 0 Å². The van der Waals surface area contributed by atoms with Crippen LogP contribution in [0.25, 0.3) is 0 Å². The van der Waals surface area contributed by atoms with Gasteiger partial charge in [0.1, 0.15) is 6.04 Å². The van der Waals surface area contributed by atoms with E-state index >= 15 is 0 Å². The maximum Gasteiger partial charge on any atom is 0.323 e. The zero-order valence-corrected chi connectivity index (χ0v) is 9.75. The first-order valence-electron chi connectivity index (χ1n) is 5.32. The predicted molar refractivity (Wildman–Crippen MR) is 59.3 cm³/mol. The van der Waals surface area contributed by atoms with Crippen molar-refractivity contribution in [2.45, 2.75) is 19.0 Å². The molecule has 1 atom stereocenters. The molecule has 1 heterocycles. The molecule has 0 saturated heterocycles. The lowest BCUT2D eigenvalue weighted by atomic mass is 9.95. The highest BCUT2D eigenvalue weighted by Crippen LogP contribution is 2.25. The summed E-state index contributed by atoms with van der Waals surface area (Å²) in [6, 6.07) is 2.71. The molecule has 1 unspecified atom stereocenters. The highest BCUT2D eigenvalue weighted by molar-refractivity contribution is 5.76. The Kier molecular flexibility index (Phi) is 3.28. The molecule has 0 radical (unpaired) electrons. The van der Waals surface area contributed by atoms with Crippen molar-refractivity contribution in [2.75, 3.05) is 14.2 Å². The molecule has 0 fully saturated rings. The zero-order chi connectivity index (χ0) is 12.4. The fourth-order valence-corrected chi connectivity index (χ4v) is 1.98. The summed E-state index contributed by atoms with van der Waals surface area (Å²) in [5.41, 5.74) is 1.76. The number of rotatable bonds is 2. The minimum absolute atomic E-state index is 0.203. The van der Waals surface area contributed by atoms with Gasteiger partial charge in [0, 0.05) is 6.54 Å². The molecule has 0 amide bonds. The van der Waals surface area contributed by atoms with Crippen LogP contribution in [0.5, 0.6) is 5.75 Å². The first-order chi connectivity index (χ1) is 8.15. The van der Waals surface area contributed by atoms with E-state index in [2.05, 4.69) is 10.1 Å². The van der Waals surface area contributed by atoms with Gasteiger partial charge in [-0.2, -0.15) is 0 Å². The van der Waals surface area contributed by atoms with Crippen LogP contribution in [0.1, 0.15) is 11.1 Å². The van der Waals surface area contributed by atoms with Crippen LogP contribution in [0, 0.1) is 5.82 Å². The van der Waals surface area contributed by atoms with Gasteiger partial charge in [0.15, 0.2) is 11.6 Å². The molecular formula is C12H14FNO3. The summed E-state index contributed by atoms with van der Waals surface area (Å²) in [5, 5.41) is 3.01. The smallest absolute Gasteiger partial charge is 0.323 e. The van der Waals surface area contributed by atoms with E-state index in [1.54, 1.807) is 6.07 Å². The van der Waals surface area contributed by atoms with E-state index < -0.39 is 0 Å². The SMILES string of the molecule is COC(=O)C1Cc2cc(OC)c(F)cc2CN1. The average molecular weight is 239 g/mol. The molecule has 4 nitrogen and oxygen atoms in total. The van der Waals surface area contributed by atoms with E-state index in [1.807, 2.05) is 0 Å². The van der Waals surface area contributed by atoms with Crippen LogP contribution in [0.2, 0.25) is 0 Å². The largest absolute Gasteiger partial charge is 0.494 e. The minimum atomic E-state index is -0.385. The van der Waals surface area contributed by atoms with Gasteiger partial charge >= 0.3 is 5.97 Å². The first-order valence-corrected chi connectivity index (χ1v) is 5.32. The summed E-state index contributed by atoms with van der Waals surface area (Å²) in [7, 11) is 2.77. The molecule has 0 spiro atoms. The van der Waals surface area contributed by atoms with Crippen LogP contribution in [0.3, 0.4) is 0 Å². The van der Waals surface area contributed by atoms with Crippen LogP contribution < -0.4 is 10.1 Å². The van der Waals surface area contributed by atoms with E-state index in [9.17, 15) is 9.18 Å². The maximum absolute atomic E-state index is 13.5. The molecular weight excluding hydrogens is 225 g/mol. The molecule has 1 aromatic carbocycles.